The summed E-state index contributed by atoms with van der Waals surface area (Å²) in [7, 11) is 0. The van der Waals surface area contributed by atoms with Gasteiger partial charge in [0.25, 0.3) is 11.8 Å². The van der Waals surface area contributed by atoms with Gasteiger partial charge in [-0.3, -0.25) is 9.59 Å². The molecule has 0 atom stereocenters. The van der Waals surface area contributed by atoms with E-state index in [4.69, 9.17) is 0 Å². The van der Waals surface area contributed by atoms with Crippen LogP contribution in [-0.2, 0) is 6.54 Å². The van der Waals surface area contributed by atoms with Crippen molar-refractivity contribution < 1.29 is 14.0 Å². The molecule has 0 saturated carbocycles. The Morgan fingerprint density at radius 2 is 1.64 bits per heavy atom. The van der Waals surface area contributed by atoms with Crippen molar-refractivity contribution in [3.63, 3.8) is 0 Å². The predicted octanol–water partition coefficient (Wildman–Crippen LogP) is 4.07. The summed E-state index contributed by atoms with van der Waals surface area (Å²) >= 11 is 1.36. The van der Waals surface area contributed by atoms with E-state index >= 15 is 0 Å². The number of hydrogen-bond acceptors (Lipinski definition) is 3. The lowest BCUT2D eigenvalue weighted by atomic mass is 10.1. The second-order valence-electron chi connectivity index (χ2n) is 5.32. The number of carbonyl (C=O) groups is 2. The molecular formula is C19H15FN2O2S. The second kappa shape index (κ2) is 7.72. The highest BCUT2D eigenvalue weighted by Gasteiger charge is 2.08. The molecule has 0 spiro atoms. The van der Waals surface area contributed by atoms with Crippen LogP contribution in [0.1, 0.15) is 25.6 Å². The Hall–Kier alpha value is -2.99. The summed E-state index contributed by atoms with van der Waals surface area (Å²) in [6.45, 7) is 0.315. The maximum absolute atomic E-state index is 12.9. The van der Waals surface area contributed by atoms with Gasteiger partial charge in [-0.05, 0) is 53.4 Å². The highest BCUT2D eigenvalue weighted by molar-refractivity contribution is 7.12. The van der Waals surface area contributed by atoms with Crippen LogP contribution in [0.2, 0.25) is 0 Å². The molecule has 25 heavy (non-hydrogen) atoms. The summed E-state index contributed by atoms with van der Waals surface area (Å²) < 4.78 is 12.9. The third kappa shape index (κ3) is 4.51. The molecule has 0 aliphatic rings. The zero-order chi connectivity index (χ0) is 17.6. The minimum Gasteiger partial charge on any atom is -0.348 e. The molecule has 2 amide bonds. The summed E-state index contributed by atoms with van der Waals surface area (Å²) in [4.78, 5) is 24.7. The van der Waals surface area contributed by atoms with Gasteiger partial charge in [0.15, 0.2) is 0 Å². The average molecular weight is 354 g/mol. The van der Waals surface area contributed by atoms with Crippen molar-refractivity contribution in [1.82, 2.24) is 5.32 Å². The fourth-order valence-electron chi connectivity index (χ4n) is 2.19. The van der Waals surface area contributed by atoms with Crippen LogP contribution in [-0.4, -0.2) is 11.8 Å². The normalized spacial score (nSPS) is 10.3. The van der Waals surface area contributed by atoms with Crippen LogP contribution >= 0.6 is 11.3 Å². The van der Waals surface area contributed by atoms with E-state index in [0.29, 0.717) is 22.7 Å². The molecule has 0 fully saturated rings. The third-order valence-electron chi connectivity index (χ3n) is 3.52. The molecule has 126 valence electrons. The topological polar surface area (TPSA) is 58.2 Å². The molecule has 0 unspecified atom stereocenters. The van der Waals surface area contributed by atoms with Crippen LogP contribution < -0.4 is 10.6 Å². The first kappa shape index (κ1) is 16.9. The predicted molar refractivity (Wildman–Crippen MR) is 96.3 cm³/mol. The third-order valence-corrected chi connectivity index (χ3v) is 4.38. The zero-order valence-electron chi connectivity index (χ0n) is 13.2. The van der Waals surface area contributed by atoms with E-state index in [0.717, 1.165) is 5.56 Å². The van der Waals surface area contributed by atoms with Gasteiger partial charge in [0.05, 0.1) is 4.88 Å². The number of anilines is 1. The Labute approximate surface area is 148 Å². The van der Waals surface area contributed by atoms with Crippen LogP contribution in [0.4, 0.5) is 10.1 Å². The number of hydrogen-bond donors (Lipinski definition) is 2. The lowest BCUT2D eigenvalue weighted by Crippen LogP contribution is -2.22. The van der Waals surface area contributed by atoms with Crippen molar-refractivity contribution in [2.24, 2.45) is 0 Å². The van der Waals surface area contributed by atoms with Crippen molar-refractivity contribution in [1.29, 1.82) is 0 Å². The molecular weight excluding hydrogens is 339 g/mol. The molecule has 3 rings (SSSR count). The second-order valence-corrected chi connectivity index (χ2v) is 6.27. The lowest BCUT2D eigenvalue weighted by molar-refractivity contribution is 0.0950. The zero-order valence-corrected chi connectivity index (χ0v) is 14.0. The van der Waals surface area contributed by atoms with Crippen LogP contribution in [0.25, 0.3) is 0 Å². The van der Waals surface area contributed by atoms with Crippen molar-refractivity contribution >= 4 is 28.8 Å². The number of nitrogens with one attached hydrogen (secondary N) is 2. The molecule has 6 heteroatoms. The first-order valence-corrected chi connectivity index (χ1v) is 8.47. The van der Waals surface area contributed by atoms with E-state index in [1.54, 1.807) is 42.5 Å². The van der Waals surface area contributed by atoms with Crippen molar-refractivity contribution in [3.05, 3.63) is 87.9 Å². The summed E-state index contributed by atoms with van der Waals surface area (Å²) in [5.41, 5.74) is 1.92. The van der Waals surface area contributed by atoms with Gasteiger partial charge in [0.2, 0.25) is 0 Å². The summed E-state index contributed by atoms with van der Waals surface area (Å²) in [6, 6.07) is 16.2. The largest absolute Gasteiger partial charge is 0.348 e. The Bertz CT molecular complexity index is 859. The van der Waals surface area contributed by atoms with Crippen molar-refractivity contribution in [2.75, 3.05) is 5.32 Å². The Morgan fingerprint density at radius 1 is 0.920 bits per heavy atom. The van der Waals surface area contributed by atoms with Crippen molar-refractivity contribution in [2.45, 2.75) is 6.54 Å². The number of halogens is 1. The van der Waals surface area contributed by atoms with E-state index in [-0.39, 0.29) is 17.6 Å². The van der Waals surface area contributed by atoms with E-state index in [9.17, 15) is 14.0 Å². The fraction of sp³-hybridized carbons (Fsp3) is 0.0526. The van der Waals surface area contributed by atoms with Gasteiger partial charge in [-0.1, -0.05) is 18.2 Å². The minimum atomic E-state index is -0.310. The van der Waals surface area contributed by atoms with Gasteiger partial charge in [-0.25, -0.2) is 4.39 Å². The van der Waals surface area contributed by atoms with Gasteiger partial charge in [0.1, 0.15) is 5.82 Å². The van der Waals surface area contributed by atoms with Crippen LogP contribution in [0, 0.1) is 5.82 Å². The minimum absolute atomic E-state index is 0.177. The molecule has 0 radical (unpaired) electrons. The average Bonchev–Trinajstić information content (AvgIpc) is 3.16. The van der Waals surface area contributed by atoms with Gasteiger partial charge < -0.3 is 10.6 Å². The van der Waals surface area contributed by atoms with Gasteiger partial charge in [0, 0.05) is 17.8 Å². The lowest BCUT2D eigenvalue weighted by Gasteiger charge is -2.07. The maximum Gasteiger partial charge on any atom is 0.265 e. The molecule has 0 saturated heterocycles. The molecule has 0 bridgehead atoms. The Morgan fingerprint density at radius 3 is 2.28 bits per heavy atom. The van der Waals surface area contributed by atoms with Gasteiger partial charge in [-0.15, -0.1) is 11.3 Å². The standard InChI is InChI=1S/C19H15FN2O2S/c20-15-7-3-13(4-8-15)12-21-18(23)14-5-9-16(10-6-14)22-19(24)17-2-1-11-25-17/h1-11H,12H2,(H,21,23)(H,22,24). The number of amides is 2. The molecule has 0 aliphatic heterocycles. The van der Waals surface area contributed by atoms with Crippen LogP contribution in [0.3, 0.4) is 0 Å². The van der Waals surface area contributed by atoms with Crippen LogP contribution in [0.5, 0.6) is 0 Å². The first-order chi connectivity index (χ1) is 12.1. The van der Waals surface area contributed by atoms with Gasteiger partial charge >= 0.3 is 0 Å². The van der Waals surface area contributed by atoms with E-state index in [1.165, 1.54) is 23.5 Å². The summed E-state index contributed by atoms with van der Waals surface area (Å²) in [6.07, 6.45) is 0. The van der Waals surface area contributed by atoms with E-state index in [1.807, 2.05) is 11.4 Å². The number of thiophene rings is 1. The van der Waals surface area contributed by atoms with Gasteiger partial charge in [-0.2, -0.15) is 0 Å². The van der Waals surface area contributed by atoms with E-state index < -0.39 is 0 Å². The number of rotatable bonds is 5. The summed E-state index contributed by atoms with van der Waals surface area (Å²) in [5.74, 6) is -0.723. The monoisotopic (exact) mass is 354 g/mol. The Balaban J connectivity index is 1.56. The molecule has 4 nitrogen and oxygen atoms in total. The fourth-order valence-corrected chi connectivity index (χ4v) is 2.81. The SMILES string of the molecule is O=C(NCc1ccc(F)cc1)c1ccc(NC(=O)c2cccs2)cc1. The van der Waals surface area contributed by atoms with Crippen molar-refractivity contribution in [3.8, 4) is 0 Å². The molecule has 3 aromatic rings. The quantitative estimate of drug-likeness (QED) is 0.726. The maximum atomic E-state index is 12.9. The molecule has 1 aromatic heterocycles. The smallest absolute Gasteiger partial charge is 0.265 e. The number of benzene rings is 2. The van der Waals surface area contributed by atoms with E-state index in [2.05, 4.69) is 10.6 Å². The molecule has 1 heterocycles. The molecule has 2 N–H and O–H groups in total. The molecule has 2 aromatic carbocycles. The summed E-state index contributed by atoms with van der Waals surface area (Å²) in [5, 5.41) is 7.38. The first-order valence-electron chi connectivity index (χ1n) is 7.59. The Kier molecular flexibility index (Phi) is 5.20. The molecule has 0 aliphatic carbocycles. The highest BCUT2D eigenvalue weighted by Crippen LogP contribution is 2.14. The van der Waals surface area contributed by atoms with Crippen LogP contribution in [0.15, 0.2) is 66.0 Å². The highest BCUT2D eigenvalue weighted by atomic mass is 32.1. The number of carbonyl (C=O) groups excluding carboxylic acids is 2.